The second kappa shape index (κ2) is 9.09. The zero-order valence-electron chi connectivity index (χ0n) is 17.5. The van der Waals surface area contributed by atoms with E-state index in [1.54, 1.807) is 13.3 Å². The van der Waals surface area contributed by atoms with Gasteiger partial charge in [-0.2, -0.15) is 0 Å². The SMILES string of the molecule is COc1ccccc1-c1ccccc1CC1C(=O)N(C)CCN1Cc1cccnc1. The third-order valence-electron chi connectivity index (χ3n) is 5.76. The Hall–Kier alpha value is -3.18. The summed E-state index contributed by atoms with van der Waals surface area (Å²) >= 11 is 0. The Morgan fingerprint density at radius 1 is 1.00 bits per heavy atom. The number of benzene rings is 2. The number of piperazine rings is 1. The van der Waals surface area contributed by atoms with Gasteiger partial charge in [0.2, 0.25) is 5.91 Å². The minimum absolute atomic E-state index is 0.167. The fraction of sp³-hybridized carbons (Fsp3) is 0.280. The zero-order chi connectivity index (χ0) is 20.9. The van der Waals surface area contributed by atoms with Crippen LogP contribution in [0.3, 0.4) is 0 Å². The molecule has 3 aromatic rings. The lowest BCUT2D eigenvalue weighted by Crippen LogP contribution is -2.56. The van der Waals surface area contributed by atoms with Gasteiger partial charge in [0.15, 0.2) is 0 Å². The Kier molecular flexibility index (Phi) is 6.10. The first-order valence-corrected chi connectivity index (χ1v) is 10.3. The molecule has 1 amide bonds. The Morgan fingerprint density at radius 3 is 2.53 bits per heavy atom. The van der Waals surface area contributed by atoms with Crippen LogP contribution in [0, 0.1) is 0 Å². The van der Waals surface area contributed by atoms with Crippen LogP contribution in [0.5, 0.6) is 5.75 Å². The summed E-state index contributed by atoms with van der Waals surface area (Å²) in [6.07, 6.45) is 4.31. The number of hydrogen-bond acceptors (Lipinski definition) is 4. The Labute approximate surface area is 177 Å². The highest BCUT2D eigenvalue weighted by Gasteiger charge is 2.33. The second-order valence-electron chi connectivity index (χ2n) is 7.67. The molecule has 1 unspecified atom stereocenters. The Bertz CT molecular complexity index is 1010. The summed E-state index contributed by atoms with van der Waals surface area (Å²) in [6.45, 7) is 2.30. The molecule has 0 spiro atoms. The molecule has 2 heterocycles. The van der Waals surface area contributed by atoms with Crippen molar-refractivity contribution in [3.8, 4) is 16.9 Å². The van der Waals surface area contributed by atoms with Gasteiger partial charge in [0.1, 0.15) is 5.75 Å². The summed E-state index contributed by atoms with van der Waals surface area (Å²) in [5, 5.41) is 0. The van der Waals surface area contributed by atoms with E-state index in [2.05, 4.69) is 34.1 Å². The number of carbonyl (C=O) groups is 1. The summed E-state index contributed by atoms with van der Waals surface area (Å²) in [6, 6.07) is 20.1. The van der Waals surface area contributed by atoms with Crippen LogP contribution in [-0.4, -0.2) is 54.0 Å². The third kappa shape index (κ3) is 4.21. The van der Waals surface area contributed by atoms with E-state index in [0.29, 0.717) is 6.42 Å². The molecule has 1 atom stereocenters. The molecule has 30 heavy (non-hydrogen) atoms. The minimum atomic E-state index is -0.209. The van der Waals surface area contributed by atoms with Crippen molar-refractivity contribution in [2.75, 3.05) is 27.2 Å². The van der Waals surface area contributed by atoms with Crippen molar-refractivity contribution in [1.82, 2.24) is 14.8 Å². The highest BCUT2D eigenvalue weighted by Crippen LogP contribution is 2.33. The fourth-order valence-electron chi connectivity index (χ4n) is 4.12. The number of hydrogen-bond donors (Lipinski definition) is 0. The first-order chi connectivity index (χ1) is 14.7. The van der Waals surface area contributed by atoms with Gasteiger partial charge in [0, 0.05) is 44.6 Å². The summed E-state index contributed by atoms with van der Waals surface area (Å²) < 4.78 is 5.59. The first-order valence-electron chi connectivity index (χ1n) is 10.3. The van der Waals surface area contributed by atoms with Crippen LogP contribution in [0.2, 0.25) is 0 Å². The lowest BCUT2D eigenvalue weighted by Gasteiger charge is -2.39. The predicted molar refractivity (Wildman–Crippen MR) is 118 cm³/mol. The maximum Gasteiger partial charge on any atom is 0.240 e. The summed E-state index contributed by atoms with van der Waals surface area (Å²) in [5.74, 6) is 1.00. The number of aromatic nitrogens is 1. The average Bonchev–Trinajstić information content (AvgIpc) is 2.79. The minimum Gasteiger partial charge on any atom is -0.496 e. The summed E-state index contributed by atoms with van der Waals surface area (Å²) in [5.41, 5.74) is 4.42. The van der Waals surface area contributed by atoms with Gasteiger partial charge in [0.05, 0.1) is 13.2 Å². The van der Waals surface area contributed by atoms with Crippen molar-refractivity contribution in [2.45, 2.75) is 19.0 Å². The summed E-state index contributed by atoms with van der Waals surface area (Å²) in [7, 11) is 3.58. The fourth-order valence-corrected chi connectivity index (χ4v) is 4.12. The van der Waals surface area contributed by atoms with Crippen LogP contribution in [0.1, 0.15) is 11.1 Å². The number of para-hydroxylation sites is 1. The lowest BCUT2D eigenvalue weighted by molar-refractivity contribution is -0.140. The van der Waals surface area contributed by atoms with Crippen molar-refractivity contribution in [3.05, 3.63) is 84.2 Å². The molecule has 5 heteroatoms. The van der Waals surface area contributed by atoms with Gasteiger partial charge < -0.3 is 9.64 Å². The molecule has 154 valence electrons. The highest BCUT2D eigenvalue weighted by atomic mass is 16.5. The predicted octanol–water partition coefficient (Wildman–Crippen LogP) is 3.64. The van der Waals surface area contributed by atoms with Gasteiger partial charge in [0.25, 0.3) is 0 Å². The first kappa shape index (κ1) is 20.1. The number of amides is 1. The van der Waals surface area contributed by atoms with Gasteiger partial charge in [-0.15, -0.1) is 0 Å². The average molecular weight is 402 g/mol. The van der Waals surface area contributed by atoms with E-state index in [-0.39, 0.29) is 11.9 Å². The smallest absolute Gasteiger partial charge is 0.240 e. The lowest BCUT2D eigenvalue weighted by atomic mass is 9.92. The topological polar surface area (TPSA) is 45.7 Å². The molecule has 1 saturated heterocycles. The molecular formula is C25H27N3O2. The van der Waals surface area contributed by atoms with Crippen LogP contribution in [-0.2, 0) is 17.8 Å². The van der Waals surface area contributed by atoms with Crippen LogP contribution >= 0.6 is 0 Å². The van der Waals surface area contributed by atoms with Gasteiger partial charge >= 0.3 is 0 Å². The third-order valence-corrected chi connectivity index (χ3v) is 5.76. The number of nitrogens with zero attached hydrogens (tertiary/aromatic N) is 3. The van der Waals surface area contributed by atoms with Crippen molar-refractivity contribution in [1.29, 1.82) is 0 Å². The van der Waals surface area contributed by atoms with E-state index in [4.69, 9.17) is 4.74 Å². The normalized spacial score (nSPS) is 17.2. The molecular weight excluding hydrogens is 374 g/mol. The number of methoxy groups -OCH3 is 1. The molecule has 0 bridgehead atoms. The van der Waals surface area contributed by atoms with Crippen LogP contribution in [0.4, 0.5) is 0 Å². The van der Waals surface area contributed by atoms with E-state index in [9.17, 15) is 4.79 Å². The zero-order valence-corrected chi connectivity index (χ0v) is 17.5. The van der Waals surface area contributed by atoms with Gasteiger partial charge in [-0.1, -0.05) is 48.5 Å². The standard InChI is InChI=1S/C25H27N3O2/c1-27-14-15-28(18-19-8-7-13-26-17-19)23(25(27)29)16-20-9-3-4-10-21(20)22-11-5-6-12-24(22)30-2/h3-13,17,23H,14-16,18H2,1-2H3. The maximum absolute atomic E-state index is 13.1. The van der Waals surface area contributed by atoms with Crippen LogP contribution < -0.4 is 4.74 Å². The Morgan fingerprint density at radius 2 is 1.77 bits per heavy atom. The summed E-state index contributed by atoms with van der Waals surface area (Å²) in [4.78, 5) is 21.5. The molecule has 0 saturated carbocycles. The van der Waals surface area contributed by atoms with Crippen molar-refractivity contribution in [3.63, 3.8) is 0 Å². The molecule has 0 N–H and O–H groups in total. The highest BCUT2D eigenvalue weighted by molar-refractivity contribution is 5.83. The number of pyridine rings is 1. The van der Waals surface area contributed by atoms with Crippen molar-refractivity contribution >= 4 is 5.91 Å². The largest absolute Gasteiger partial charge is 0.496 e. The molecule has 2 aromatic carbocycles. The molecule has 1 aliphatic rings. The van der Waals surface area contributed by atoms with E-state index < -0.39 is 0 Å². The van der Waals surface area contributed by atoms with Crippen LogP contribution in [0.15, 0.2) is 73.1 Å². The molecule has 1 aromatic heterocycles. The van der Waals surface area contributed by atoms with Crippen molar-refractivity contribution < 1.29 is 9.53 Å². The molecule has 4 rings (SSSR count). The van der Waals surface area contributed by atoms with E-state index >= 15 is 0 Å². The number of rotatable bonds is 6. The molecule has 0 radical (unpaired) electrons. The van der Waals surface area contributed by atoms with Crippen LogP contribution in [0.25, 0.3) is 11.1 Å². The van der Waals surface area contributed by atoms with Gasteiger partial charge in [-0.3, -0.25) is 14.7 Å². The maximum atomic E-state index is 13.1. The molecule has 1 fully saturated rings. The molecule has 0 aliphatic carbocycles. The monoisotopic (exact) mass is 401 g/mol. The number of carbonyl (C=O) groups excluding carboxylic acids is 1. The van der Waals surface area contributed by atoms with Gasteiger partial charge in [-0.05, 0) is 35.2 Å². The van der Waals surface area contributed by atoms with Gasteiger partial charge in [-0.25, -0.2) is 0 Å². The quantitative estimate of drug-likeness (QED) is 0.633. The number of likely N-dealkylation sites (N-methyl/N-ethyl adjacent to an activating group) is 1. The van der Waals surface area contributed by atoms with E-state index in [1.807, 2.05) is 54.5 Å². The molecule has 5 nitrogen and oxygen atoms in total. The van der Waals surface area contributed by atoms with E-state index in [0.717, 1.165) is 47.6 Å². The second-order valence-corrected chi connectivity index (χ2v) is 7.67. The Balaban J connectivity index is 1.66. The number of ether oxygens (including phenoxy) is 1. The van der Waals surface area contributed by atoms with Crippen molar-refractivity contribution in [2.24, 2.45) is 0 Å². The van der Waals surface area contributed by atoms with E-state index in [1.165, 1.54) is 0 Å². The molecule has 1 aliphatic heterocycles.